The Morgan fingerprint density at radius 2 is 1.57 bits per heavy atom. The van der Waals surface area contributed by atoms with E-state index in [1.54, 1.807) is 63.2 Å². The van der Waals surface area contributed by atoms with Gasteiger partial charge in [-0.25, -0.2) is 13.1 Å². The third-order valence-electron chi connectivity index (χ3n) is 3.62. The first-order valence-electron chi connectivity index (χ1n) is 8.76. The normalized spacial score (nSPS) is 11.7. The van der Waals surface area contributed by atoms with E-state index in [1.165, 1.54) is 13.0 Å². The number of sulfonamides is 1. The van der Waals surface area contributed by atoms with Gasteiger partial charge in [0.2, 0.25) is 15.9 Å². The molecule has 3 N–H and O–H groups in total. The number of rotatable bonds is 6. The Bertz CT molecular complexity index is 962. The molecule has 0 heterocycles. The predicted octanol–water partition coefficient (Wildman–Crippen LogP) is 2.65. The van der Waals surface area contributed by atoms with Gasteiger partial charge in [0.15, 0.2) is 0 Å². The van der Waals surface area contributed by atoms with Crippen molar-refractivity contribution in [1.82, 2.24) is 10.0 Å². The first-order valence-corrected chi connectivity index (χ1v) is 10.2. The Hall–Kier alpha value is -2.71. The number of carbonyl (C=O) groups is 2. The standard InChI is InChI=1S/C20H25N3O4S/c1-14(24)21-13-15-9-11-16(12-10-15)19(25)22-17-7-5-6-8-18(17)28(26,27)23-20(2,3)4/h5-12,23H,13H2,1-4H3,(H,21,24)(H,22,25). The van der Waals surface area contributed by atoms with Crippen LogP contribution in [0.1, 0.15) is 43.6 Å². The lowest BCUT2D eigenvalue weighted by atomic mass is 10.1. The summed E-state index contributed by atoms with van der Waals surface area (Å²) in [5, 5.41) is 5.34. The fraction of sp³-hybridized carbons (Fsp3) is 0.300. The molecule has 0 aliphatic heterocycles. The predicted molar refractivity (Wildman–Crippen MR) is 108 cm³/mol. The highest BCUT2D eigenvalue weighted by Gasteiger charge is 2.25. The van der Waals surface area contributed by atoms with Crippen LogP contribution in [0.4, 0.5) is 5.69 Å². The summed E-state index contributed by atoms with van der Waals surface area (Å²) in [5.41, 5.74) is 0.776. The Morgan fingerprint density at radius 1 is 0.964 bits per heavy atom. The van der Waals surface area contributed by atoms with Gasteiger partial charge in [-0.05, 0) is 50.6 Å². The topological polar surface area (TPSA) is 104 Å². The molecule has 8 heteroatoms. The Kier molecular flexibility index (Phi) is 6.58. The lowest BCUT2D eigenvalue weighted by molar-refractivity contribution is -0.119. The van der Waals surface area contributed by atoms with Crippen LogP contribution in [-0.2, 0) is 21.4 Å². The van der Waals surface area contributed by atoms with Gasteiger partial charge in [0.05, 0.1) is 5.69 Å². The minimum atomic E-state index is -3.80. The highest BCUT2D eigenvalue weighted by Crippen LogP contribution is 2.23. The van der Waals surface area contributed by atoms with Gasteiger partial charge in [0.25, 0.3) is 5.91 Å². The summed E-state index contributed by atoms with van der Waals surface area (Å²) in [7, 11) is -3.80. The van der Waals surface area contributed by atoms with E-state index >= 15 is 0 Å². The van der Waals surface area contributed by atoms with Crippen molar-refractivity contribution in [2.45, 2.75) is 44.7 Å². The van der Waals surface area contributed by atoms with Gasteiger partial charge >= 0.3 is 0 Å². The van der Waals surface area contributed by atoms with Gasteiger partial charge in [-0.15, -0.1) is 0 Å². The average Bonchev–Trinajstić information content (AvgIpc) is 2.58. The second-order valence-electron chi connectivity index (χ2n) is 7.41. The lowest BCUT2D eigenvalue weighted by Gasteiger charge is -2.21. The SMILES string of the molecule is CC(=O)NCc1ccc(C(=O)Nc2ccccc2S(=O)(=O)NC(C)(C)C)cc1. The molecule has 0 unspecified atom stereocenters. The van der Waals surface area contributed by atoms with E-state index in [-0.39, 0.29) is 16.5 Å². The maximum Gasteiger partial charge on any atom is 0.255 e. The molecule has 0 fully saturated rings. The maximum atomic E-state index is 12.7. The molecule has 0 aromatic heterocycles. The lowest BCUT2D eigenvalue weighted by Crippen LogP contribution is -2.40. The summed E-state index contributed by atoms with van der Waals surface area (Å²) in [5.74, 6) is -0.562. The van der Waals surface area contributed by atoms with E-state index in [2.05, 4.69) is 15.4 Å². The van der Waals surface area contributed by atoms with Crippen LogP contribution in [0.15, 0.2) is 53.4 Å². The van der Waals surface area contributed by atoms with Crippen LogP contribution >= 0.6 is 0 Å². The number of para-hydroxylation sites is 1. The third-order valence-corrected chi connectivity index (χ3v) is 5.44. The van der Waals surface area contributed by atoms with Gasteiger partial charge in [-0.2, -0.15) is 0 Å². The summed E-state index contributed by atoms with van der Waals surface area (Å²) in [6.45, 7) is 7.04. The largest absolute Gasteiger partial charge is 0.352 e. The second-order valence-corrected chi connectivity index (χ2v) is 9.06. The van der Waals surface area contributed by atoms with Gasteiger partial charge < -0.3 is 10.6 Å². The van der Waals surface area contributed by atoms with E-state index in [4.69, 9.17) is 0 Å². The number of hydrogen-bond acceptors (Lipinski definition) is 4. The Morgan fingerprint density at radius 3 is 2.14 bits per heavy atom. The van der Waals surface area contributed by atoms with Crippen LogP contribution in [0.25, 0.3) is 0 Å². The zero-order chi connectivity index (χ0) is 20.9. The number of carbonyl (C=O) groups excluding carboxylic acids is 2. The molecule has 0 saturated carbocycles. The molecule has 2 amide bonds. The van der Waals surface area contributed by atoms with E-state index in [0.717, 1.165) is 5.56 Å². The van der Waals surface area contributed by atoms with Crippen LogP contribution < -0.4 is 15.4 Å². The van der Waals surface area contributed by atoms with Crippen LogP contribution in [0.3, 0.4) is 0 Å². The minimum Gasteiger partial charge on any atom is -0.352 e. The third kappa shape index (κ3) is 6.17. The number of anilines is 1. The van der Waals surface area contributed by atoms with Gasteiger partial charge in [0, 0.05) is 24.6 Å². The molecule has 150 valence electrons. The van der Waals surface area contributed by atoms with Crippen molar-refractivity contribution in [3.05, 3.63) is 59.7 Å². The first kappa shape index (κ1) is 21.6. The highest BCUT2D eigenvalue weighted by molar-refractivity contribution is 7.89. The summed E-state index contributed by atoms with van der Waals surface area (Å²) in [6.07, 6.45) is 0. The number of hydrogen-bond donors (Lipinski definition) is 3. The van der Waals surface area contributed by atoms with E-state index in [1.807, 2.05) is 0 Å². The van der Waals surface area contributed by atoms with Crippen LogP contribution in [0.5, 0.6) is 0 Å². The number of benzene rings is 2. The smallest absolute Gasteiger partial charge is 0.255 e. The van der Waals surface area contributed by atoms with Crippen molar-refractivity contribution in [2.75, 3.05) is 5.32 Å². The molecule has 28 heavy (non-hydrogen) atoms. The van der Waals surface area contributed by atoms with Gasteiger partial charge in [-0.1, -0.05) is 24.3 Å². The quantitative estimate of drug-likeness (QED) is 0.690. The molecule has 0 bridgehead atoms. The zero-order valence-electron chi connectivity index (χ0n) is 16.4. The number of nitrogens with one attached hydrogen (secondary N) is 3. The van der Waals surface area contributed by atoms with Crippen molar-refractivity contribution in [3.8, 4) is 0 Å². The van der Waals surface area contributed by atoms with Crippen LogP contribution in [-0.4, -0.2) is 25.8 Å². The molecule has 2 rings (SSSR count). The fourth-order valence-electron chi connectivity index (χ4n) is 2.46. The molecule has 0 spiro atoms. The van der Waals surface area contributed by atoms with E-state index in [9.17, 15) is 18.0 Å². The molecule has 0 radical (unpaired) electrons. The van der Waals surface area contributed by atoms with Crippen LogP contribution in [0.2, 0.25) is 0 Å². The molecule has 0 aliphatic carbocycles. The van der Waals surface area contributed by atoms with Crippen molar-refractivity contribution >= 4 is 27.5 Å². The van der Waals surface area contributed by atoms with E-state index < -0.39 is 21.5 Å². The molecule has 0 aliphatic rings. The maximum absolute atomic E-state index is 12.7. The van der Waals surface area contributed by atoms with Crippen molar-refractivity contribution in [1.29, 1.82) is 0 Å². The van der Waals surface area contributed by atoms with Gasteiger partial charge in [0.1, 0.15) is 4.90 Å². The summed E-state index contributed by atoms with van der Waals surface area (Å²) >= 11 is 0. The van der Waals surface area contributed by atoms with Gasteiger partial charge in [-0.3, -0.25) is 9.59 Å². The molecule has 0 saturated heterocycles. The van der Waals surface area contributed by atoms with E-state index in [0.29, 0.717) is 12.1 Å². The second kappa shape index (κ2) is 8.53. The highest BCUT2D eigenvalue weighted by atomic mass is 32.2. The van der Waals surface area contributed by atoms with Crippen LogP contribution in [0, 0.1) is 0 Å². The Labute approximate surface area is 165 Å². The molecule has 7 nitrogen and oxygen atoms in total. The molecule has 2 aromatic rings. The van der Waals surface area contributed by atoms with Crippen molar-refractivity contribution in [2.24, 2.45) is 0 Å². The van der Waals surface area contributed by atoms with Crippen molar-refractivity contribution < 1.29 is 18.0 Å². The molecular formula is C20H25N3O4S. The summed E-state index contributed by atoms with van der Waals surface area (Å²) < 4.78 is 27.9. The number of amides is 2. The fourth-order valence-corrected chi connectivity index (χ4v) is 4.04. The average molecular weight is 404 g/mol. The molecule has 2 aromatic carbocycles. The Balaban J connectivity index is 2.20. The summed E-state index contributed by atoms with van der Waals surface area (Å²) in [6, 6.07) is 12.9. The molecule has 0 atom stereocenters. The zero-order valence-corrected chi connectivity index (χ0v) is 17.2. The summed E-state index contributed by atoms with van der Waals surface area (Å²) in [4.78, 5) is 23.5. The monoisotopic (exact) mass is 403 g/mol. The first-order chi connectivity index (χ1) is 13.0. The molecular weight excluding hydrogens is 378 g/mol. The van der Waals surface area contributed by atoms with Crippen molar-refractivity contribution in [3.63, 3.8) is 0 Å². The minimum absolute atomic E-state index is 0.000512.